The molecule has 7 heteroatoms. The zero-order valence-corrected chi connectivity index (χ0v) is 13.2. The van der Waals surface area contributed by atoms with Gasteiger partial charge in [0.05, 0.1) is 5.69 Å². The second-order valence-electron chi connectivity index (χ2n) is 5.50. The number of rotatable bonds is 5. The molecule has 3 rings (SSSR count). The van der Waals surface area contributed by atoms with E-state index in [0.717, 1.165) is 24.4 Å². The number of aryl methyl sites for hydroxylation is 1. The third kappa shape index (κ3) is 3.74. The highest BCUT2D eigenvalue weighted by molar-refractivity contribution is 5.94. The van der Waals surface area contributed by atoms with Gasteiger partial charge in [0.25, 0.3) is 5.91 Å². The first-order valence-corrected chi connectivity index (χ1v) is 7.61. The Hall–Kier alpha value is -2.70. The van der Waals surface area contributed by atoms with Gasteiger partial charge in [-0.1, -0.05) is 5.16 Å². The van der Waals surface area contributed by atoms with E-state index in [1.54, 1.807) is 6.92 Å². The van der Waals surface area contributed by atoms with Crippen LogP contribution >= 0.6 is 0 Å². The molecule has 0 unspecified atom stereocenters. The Morgan fingerprint density at radius 2 is 2.09 bits per heavy atom. The summed E-state index contributed by atoms with van der Waals surface area (Å²) in [6.07, 6.45) is 1.50. The normalized spacial score (nSPS) is 14.0. The molecular weight excluding hydrogens is 294 g/mol. The number of carbonyl (C=O) groups is 1. The van der Waals surface area contributed by atoms with E-state index in [1.807, 2.05) is 36.2 Å². The second kappa shape index (κ2) is 6.60. The molecule has 23 heavy (non-hydrogen) atoms. The molecule has 1 aliphatic heterocycles. The fraction of sp³-hybridized carbons (Fsp3) is 0.375. The minimum Gasteiger partial charge on any atom is -0.352 e. The average Bonchev–Trinajstić information content (AvgIpc) is 3.16. The van der Waals surface area contributed by atoms with Crippen molar-refractivity contribution in [3.63, 3.8) is 0 Å². The van der Waals surface area contributed by atoms with Gasteiger partial charge in [0.15, 0.2) is 5.82 Å². The summed E-state index contributed by atoms with van der Waals surface area (Å²) < 4.78 is 5.00. The number of aromatic nitrogens is 2. The molecule has 0 radical (unpaired) electrons. The number of carbonyl (C=O) groups excluding carboxylic acids is 1. The molecule has 2 heterocycles. The lowest BCUT2D eigenvalue weighted by molar-refractivity contribution is 0.0953. The molecule has 0 saturated carbocycles. The van der Waals surface area contributed by atoms with E-state index < -0.39 is 0 Å². The lowest BCUT2D eigenvalue weighted by Crippen LogP contribution is -2.25. The Labute approximate surface area is 134 Å². The van der Waals surface area contributed by atoms with Crippen LogP contribution in [0.15, 0.2) is 33.9 Å². The minimum atomic E-state index is -0.117. The standard InChI is InChI=1S/C16H19N5O2/c1-11-8-10-21(19-11)14-5-3-13(4-6-14)16(22)17-9-7-15-18-12(2)20-23-15/h3-6H,7-10H2,1-2H3,(H,17,22). The van der Waals surface area contributed by atoms with Crippen molar-refractivity contribution in [3.05, 3.63) is 41.5 Å². The maximum Gasteiger partial charge on any atom is 0.251 e. The lowest BCUT2D eigenvalue weighted by atomic mass is 10.2. The Kier molecular flexibility index (Phi) is 4.36. The lowest BCUT2D eigenvalue weighted by Gasteiger charge is -2.13. The van der Waals surface area contributed by atoms with E-state index in [-0.39, 0.29) is 5.91 Å². The van der Waals surface area contributed by atoms with Crippen molar-refractivity contribution in [2.45, 2.75) is 26.7 Å². The molecule has 0 spiro atoms. The van der Waals surface area contributed by atoms with E-state index in [9.17, 15) is 4.79 Å². The largest absolute Gasteiger partial charge is 0.352 e. The van der Waals surface area contributed by atoms with Gasteiger partial charge >= 0.3 is 0 Å². The molecule has 2 aromatic rings. The van der Waals surface area contributed by atoms with Crippen LogP contribution in [-0.2, 0) is 6.42 Å². The first kappa shape index (κ1) is 15.2. The van der Waals surface area contributed by atoms with Crippen molar-refractivity contribution >= 4 is 17.3 Å². The van der Waals surface area contributed by atoms with Gasteiger partial charge in [-0.3, -0.25) is 9.80 Å². The monoisotopic (exact) mass is 313 g/mol. The first-order valence-electron chi connectivity index (χ1n) is 7.61. The van der Waals surface area contributed by atoms with Gasteiger partial charge in [-0.15, -0.1) is 0 Å². The quantitative estimate of drug-likeness (QED) is 0.912. The maximum absolute atomic E-state index is 12.1. The highest BCUT2D eigenvalue weighted by atomic mass is 16.5. The van der Waals surface area contributed by atoms with Crippen molar-refractivity contribution < 1.29 is 9.32 Å². The molecule has 0 fully saturated rings. The molecule has 0 bridgehead atoms. The third-order valence-corrected chi connectivity index (χ3v) is 3.60. The molecule has 0 atom stereocenters. The smallest absolute Gasteiger partial charge is 0.251 e. The fourth-order valence-electron chi connectivity index (χ4n) is 2.37. The summed E-state index contributed by atoms with van der Waals surface area (Å²) in [5.41, 5.74) is 2.75. The fourth-order valence-corrected chi connectivity index (χ4v) is 2.37. The summed E-state index contributed by atoms with van der Waals surface area (Å²) in [6.45, 7) is 5.13. The number of amides is 1. The van der Waals surface area contributed by atoms with Crippen LogP contribution in [0.2, 0.25) is 0 Å². The van der Waals surface area contributed by atoms with E-state index in [2.05, 4.69) is 20.6 Å². The van der Waals surface area contributed by atoms with Crippen LogP contribution < -0.4 is 10.3 Å². The second-order valence-corrected chi connectivity index (χ2v) is 5.50. The summed E-state index contributed by atoms with van der Waals surface area (Å²) in [5.74, 6) is 1.01. The first-order chi connectivity index (χ1) is 11.1. The van der Waals surface area contributed by atoms with E-state index in [4.69, 9.17) is 4.52 Å². The van der Waals surface area contributed by atoms with Gasteiger partial charge in [-0.2, -0.15) is 10.1 Å². The molecule has 0 saturated heterocycles. The van der Waals surface area contributed by atoms with Crippen molar-refractivity contribution in [1.29, 1.82) is 0 Å². The average molecular weight is 313 g/mol. The topological polar surface area (TPSA) is 83.6 Å². The summed E-state index contributed by atoms with van der Waals surface area (Å²) in [4.78, 5) is 16.2. The van der Waals surface area contributed by atoms with E-state index in [0.29, 0.717) is 30.2 Å². The highest BCUT2D eigenvalue weighted by Gasteiger charge is 2.13. The van der Waals surface area contributed by atoms with Crippen LogP contribution in [0.1, 0.15) is 35.4 Å². The SMILES string of the molecule is CC1=NN(c2ccc(C(=O)NCCc3nc(C)no3)cc2)CC1. The zero-order valence-electron chi connectivity index (χ0n) is 13.2. The number of hydrazone groups is 1. The van der Waals surface area contributed by atoms with Crippen LogP contribution in [0.3, 0.4) is 0 Å². The Morgan fingerprint density at radius 3 is 2.70 bits per heavy atom. The third-order valence-electron chi connectivity index (χ3n) is 3.60. The molecule has 1 N–H and O–H groups in total. The number of hydrogen-bond donors (Lipinski definition) is 1. The van der Waals surface area contributed by atoms with Crippen molar-refractivity contribution in [3.8, 4) is 0 Å². The summed E-state index contributed by atoms with van der Waals surface area (Å²) >= 11 is 0. The van der Waals surface area contributed by atoms with Gasteiger partial charge in [0, 0.05) is 37.2 Å². The molecule has 1 amide bonds. The van der Waals surface area contributed by atoms with E-state index in [1.165, 1.54) is 0 Å². The molecule has 1 aromatic carbocycles. The van der Waals surface area contributed by atoms with Crippen LogP contribution in [0.5, 0.6) is 0 Å². The van der Waals surface area contributed by atoms with Crippen LogP contribution in [0, 0.1) is 6.92 Å². The predicted octanol–water partition coefficient (Wildman–Crippen LogP) is 1.94. The summed E-state index contributed by atoms with van der Waals surface area (Å²) in [7, 11) is 0. The van der Waals surface area contributed by atoms with Gasteiger partial charge in [-0.25, -0.2) is 0 Å². The highest BCUT2D eigenvalue weighted by Crippen LogP contribution is 2.19. The van der Waals surface area contributed by atoms with Gasteiger partial charge in [0.1, 0.15) is 0 Å². The van der Waals surface area contributed by atoms with Gasteiger partial charge in [-0.05, 0) is 38.1 Å². The molecule has 7 nitrogen and oxygen atoms in total. The molecular formula is C16H19N5O2. The van der Waals surface area contributed by atoms with E-state index >= 15 is 0 Å². The zero-order chi connectivity index (χ0) is 16.2. The molecule has 120 valence electrons. The predicted molar refractivity (Wildman–Crippen MR) is 86.6 cm³/mol. The molecule has 0 aliphatic carbocycles. The Bertz CT molecular complexity index is 720. The van der Waals surface area contributed by atoms with Crippen LogP contribution in [0.25, 0.3) is 0 Å². The van der Waals surface area contributed by atoms with Gasteiger partial charge < -0.3 is 9.84 Å². The summed E-state index contributed by atoms with van der Waals surface area (Å²) in [6, 6.07) is 7.45. The van der Waals surface area contributed by atoms with Crippen molar-refractivity contribution in [2.24, 2.45) is 5.10 Å². The van der Waals surface area contributed by atoms with Crippen LogP contribution in [0.4, 0.5) is 5.69 Å². The number of nitrogens with zero attached hydrogens (tertiary/aromatic N) is 4. The molecule has 1 aromatic heterocycles. The Morgan fingerprint density at radius 1 is 1.30 bits per heavy atom. The number of benzene rings is 1. The number of anilines is 1. The number of hydrogen-bond acceptors (Lipinski definition) is 6. The molecule has 1 aliphatic rings. The minimum absolute atomic E-state index is 0.117. The maximum atomic E-state index is 12.1. The summed E-state index contributed by atoms with van der Waals surface area (Å²) in [5, 5.41) is 13.0. The Balaban J connectivity index is 1.53. The van der Waals surface area contributed by atoms with Crippen molar-refractivity contribution in [1.82, 2.24) is 15.5 Å². The van der Waals surface area contributed by atoms with Crippen LogP contribution in [-0.4, -0.2) is 34.8 Å². The number of nitrogens with one attached hydrogen (secondary N) is 1. The van der Waals surface area contributed by atoms with Crippen molar-refractivity contribution in [2.75, 3.05) is 18.1 Å². The van der Waals surface area contributed by atoms with Gasteiger partial charge in [0.2, 0.25) is 5.89 Å².